The Hall–Kier alpha value is -1.82. The van der Waals surface area contributed by atoms with Crippen LogP contribution >= 0.6 is 0 Å². The van der Waals surface area contributed by atoms with Crippen LogP contribution in [0.2, 0.25) is 0 Å². The van der Waals surface area contributed by atoms with E-state index in [0.29, 0.717) is 17.1 Å². The Morgan fingerprint density at radius 2 is 1.96 bits per heavy atom. The number of methoxy groups -OCH3 is 2. The Kier molecular flexibility index (Phi) is 5.70. The first-order valence-corrected chi connectivity index (χ1v) is 8.31. The zero-order valence-electron chi connectivity index (χ0n) is 14.8. The SMILES string of the molecule is COc1cc(F)c(C(C)NC(=O)C2CCCCC2(C)N)cc1OC. The van der Waals surface area contributed by atoms with Gasteiger partial charge in [0.15, 0.2) is 11.5 Å². The van der Waals surface area contributed by atoms with Crippen LogP contribution < -0.4 is 20.5 Å². The van der Waals surface area contributed by atoms with Gasteiger partial charge in [0, 0.05) is 17.2 Å². The van der Waals surface area contributed by atoms with Gasteiger partial charge in [-0.25, -0.2) is 4.39 Å². The lowest BCUT2D eigenvalue weighted by Crippen LogP contribution is -2.53. The molecule has 1 aliphatic carbocycles. The summed E-state index contributed by atoms with van der Waals surface area (Å²) in [4.78, 5) is 12.6. The summed E-state index contributed by atoms with van der Waals surface area (Å²) in [5, 5.41) is 2.90. The highest BCUT2D eigenvalue weighted by molar-refractivity contribution is 5.80. The molecule has 1 aromatic rings. The summed E-state index contributed by atoms with van der Waals surface area (Å²) in [6.45, 7) is 3.66. The topological polar surface area (TPSA) is 73.6 Å². The van der Waals surface area contributed by atoms with Crippen molar-refractivity contribution in [3.8, 4) is 11.5 Å². The molecule has 24 heavy (non-hydrogen) atoms. The van der Waals surface area contributed by atoms with Gasteiger partial charge < -0.3 is 20.5 Å². The molecule has 1 fully saturated rings. The molecule has 1 saturated carbocycles. The minimum Gasteiger partial charge on any atom is -0.493 e. The minimum absolute atomic E-state index is 0.124. The Labute approximate surface area is 142 Å². The van der Waals surface area contributed by atoms with Gasteiger partial charge >= 0.3 is 0 Å². The molecule has 1 amide bonds. The van der Waals surface area contributed by atoms with Crippen molar-refractivity contribution in [2.45, 2.75) is 51.1 Å². The second-order valence-corrected chi connectivity index (χ2v) is 6.76. The van der Waals surface area contributed by atoms with Crippen LogP contribution in [0.15, 0.2) is 12.1 Å². The third kappa shape index (κ3) is 3.80. The van der Waals surface area contributed by atoms with Crippen LogP contribution in [0, 0.1) is 11.7 Å². The number of halogens is 1. The second-order valence-electron chi connectivity index (χ2n) is 6.76. The maximum Gasteiger partial charge on any atom is 0.225 e. The zero-order chi connectivity index (χ0) is 17.9. The van der Waals surface area contributed by atoms with E-state index in [9.17, 15) is 9.18 Å². The van der Waals surface area contributed by atoms with Crippen LogP contribution in [0.5, 0.6) is 11.5 Å². The lowest BCUT2D eigenvalue weighted by molar-refractivity contribution is -0.128. The van der Waals surface area contributed by atoms with Gasteiger partial charge in [-0.15, -0.1) is 0 Å². The molecule has 3 N–H and O–H groups in total. The molecule has 1 aliphatic rings. The van der Waals surface area contributed by atoms with Crippen LogP contribution in [0.3, 0.4) is 0 Å². The Morgan fingerprint density at radius 3 is 2.54 bits per heavy atom. The van der Waals surface area contributed by atoms with Gasteiger partial charge in [-0.05, 0) is 32.8 Å². The van der Waals surface area contributed by atoms with Crippen LogP contribution in [0.4, 0.5) is 4.39 Å². The predicted molar refractivity (Wildman–Crippen MR) is 90.6 cm³/mol. The predicted octanol–water partition coefficient (Wildman–Crippen LogP) is 2.93. The summed E-state index contributed by atoms with van der Waals surface area (Å²) >= 11 is 0. The number of benzene rings is 1. The molecule has 0 aliphatic heterocycles. The molecule has 0 radical (unpaired) electrons. The van der Waals surface area contributed by atoms with Gasteiger partial charge in [-0.1, -0.05) is 12.8 Å². The quantitative estimate of drug-likeness (QED) is 0.866. The largest absolute Gasteiger partial charge is 0.493 e. The smallest absolute Gasteiger partial charge is 0.225 e. The van der Waals surface area contributed by atoms with E-state index < -0.39 is 17.4 Å². The molecule has 0 heterocycles. The third-order valence-electron chi connectivity index (χ3n) is 4.90. The number of carbonyl (C=O) groups is 1. The molecule has 0 spiro atoms. The summed E-state index contributed by atoms with van der Waals surface area (Å²) in [7, 11) is 2.94. The molecule has 3 unspecified atom stereocenters. The number of hydrogen-bond acceptors (Lipinski definition) is 4. The van der Waals surface area contributed by atoms with Gasteiger partial charge in [0.1, 0.15) is 5.82 Å². The van der Waals surface area contributed by atoms with Gasteiger partial charge in [-0.2, -0.15) is 0 Å². The zero-order valence-corrected chi connectivity index (χ0v) is 14.8. The van der Waals surface area contributed by atoms with Gasteiger partial charge in [0.05, 0.1) is 26.2 Å². The van der Waals surface area contributed by atoms with Crippen molar-refractivity contribution in [3.05, 3.63) is 23.5 Å². The van der Waals surface area contributed by atoms with Crippen LogP contribution in [-0.2, 0) is 4.79 Å². The van der Waals surface area contributed by atoms with Crippen molar-refractivity contribution < 1.29 is 18.7 Å². The van der Waals surface area contributed by atoms with E-state index in [0.717, 1.165) is 25.7 Å². The summed E-state index contributed by atoms with van der Waals surface area (Å²) in [6.07, 6.45) is 3.62. The van der Waals surface area contributed by atoms with Crippen molar-refractivity contribution in [2.24, 2.45) is 11.7 Å². The lowest BCUT2D eigenvalue weighted by atomic mass is 9.74. The average molecular weight is 338 g/mol. The fourth-order valence-electron chi connectivity index (χ4n) is 3.38. The Morgan fingerprint density at radius 1 is 1.33 bits per heavy atom. The van der Waals surface area contributed by atoms with E-state index in [-0.39, 0.29) is 11.8 Å². The van der Waals surface area contributed by atoms with Gasteiger partial charge in [-0.3, -0.25) is 4.79 Å². The summed E-state index contributed by atoms with van der Waals surface area (Å²) in [6, 6.07) is 2.33. The third-order valence-corrected chi connectivity index (χ3v) is 4.90. The Bertz CT molecular complexity index is 604. The number of nitrogens with one attached hydrogen (secondary N) is 1. The second kappa shape index (κ2) is 7.38. The van der Waals surface area contributed by atoms with Crippen molar-refractivity contribution in [2.75, 3.05) is 14.2 Å². The lowest BCUT2D eigenvalue weighted by Gasteiger charge is -2.37. The normalized spacial score (nSPS) is 25.0. The molecular formula is C18H27FN2O3. The molecular weight excluding hydrogens is 311 g/mol. The number of hydrogen-bond donors (Lipinski definition) is 2. The highest BCUT2D eigenvalue weighted by Gasteiger charge is 2.38. The average Bonchev–Trinajstić information content (AvgIpc) is 2.53. The molecule has 3 atom stereocenters. The fourth-order valence-corrected chi connectivity index (χ4v) is 3.38. The highest BCUT2D eigenvalue weighted by atomic mass is 19.1. The van der Waals surface area contributed by atoms with E-state index in [1.807, 2.05) is 6.92 Å². The van der Waals surface area contributed by atoms with E-state index in [1.54, 1.807) is 13.0 Å². The number of amides is 1. The highest BCUT2D eigenvalue weighted by Crippen LogP contribution is 2.34. The molecule has 5 nitrogen and oxygen atoms in total. The Balaban J connectivity index is 2.17. The van der Waals surface area contributed by atoms with Crippen molar-refractivity contribution in [3.63, 3.8) is 0 Å². The number of carbonyl (C=O) groups excluding carboxylic acids is 1. The van der Waals surface area contributed by atoms with Crippen molar-refractivity contribution in [1.82, 2.24) is 5.32 Å². The standard InChI is InChI=1S/C18H27FN2O3/c1-11(12-9-15(23-3)16(24-4)10-14(12)19)21-17(22)13-7-5-6-8-18(13,2)20/h9-11,13H,5-8,20H2,1-4H3,(H,21,22). The van der Waals surface area contributed by atoms with Crippen LogP contribution in [-0.4, -0.2) is 25.7 Å². The number of rotatable bonds is 5. The number of ether oxygens (including phenoxy) is 2. The fraction of sp³-hybridized carbons (Fsp3) is 0.611. The van der Waals surface area contributed by atoms with E-state index in [1.165, 1.54) is 20.3 Å². The maximum atomic E-state index is 14.3. The molecule has 1 aromatic carbocycles. The molecule has 0 aromatic heterocycles. The maximum absolute atomic E-state index is 14.3. The van der Waals surface area contributed by atoms with Crippen LogP contribution in [0.1, 0.15) is 51.1 Å². The summed E-state index contributed by atoms with van der Waals surface area (Å²) < 4.78 is 24.6. The molecule has 0 bridgehead atoms. The summed E-state index contributed by atoms with van der Waals surface area (Å²) in [5.74, 6) is -0.0756. The molecule has 0 saturated heterocycles. The summed E-state index contributed by atoms with van der Waals surface area (Å²) in [5.41, 5.74) is 6.12. The molecule has 134 valence electrons. The first-order valence-electron chi connectivity index (χ1n) is 8.31. The van der Waals surface area contributed by atoms with E-state index >= 15 is 0 Å². The van der Waals surface area contributed by atoms with E-state index in [2.05, 4.69) is 5.32 Å². The van der Waals surface area contributed by atoms with Gasteiger partial charge in [0.25, 0.3) is 0 Å². The monoisotopic (exact) mass is 338 g/mol. The minimum atomic E-state index is -0.516. The molecule has 2 rings (SSSR count). The van der Waals surface area contributed by atoms with Crippen molar-refractivity contribution >= 4 is 5.91 Å². The van der Waals surface area contributed by atoms with Crippen molar-refractivity contribution in [1.29, 1.82) is 0 Å². The molecule has 6 heteroatoms. The van der Waals surface area contributed by atoms with Crippen LogP contribution in [0.25, 0.3) is 0 Å². The first kappa shape index (κ1) is 18.5. The van der Waals surface area contributed by atoms with Gasteiger partial charge in [0.2, 0.25) is 5.91 Å². The first-order chi connectivity index (χ1) is 11.3. The van der Waals surface area contributed by atoms with E-state index in [4.69, 9.17) is 15.2 Å². The number of nitrogens with two attached hydrogens (primary N) is 1.